The first-order valence-corrected chi connectivity index (χ1v) is 7.98. The van der Waals surface area contributed by atoms with Crippen molar-refractivity contribution >= 4 is 17.2 Å². The highest BCUT2D eigenvalue weighted by Gasteiger charge is 2.21. The smallest absolute Gasteiger partial charge is 0.220 e. The minimum absolute atomic E-state index is 0.0308. The number of likely N-dealkylation sites (tertiary alicyclic amines) is 1. The van der Waals surface area contributed by atoms with Gasteiger partial charge in [0.15, 0.2) is 0 Å². The second-order valence-corrected chi connectivity index (χ2v) is 6.17. The highest BCUT2D eigenvalue weighted by atomic mass is 32.1. The quantitative estimate of drug-likeness (QED) is 0.901. The van der Waals surface area contributed by atoms with Crippen molar-refractivity contribution in [2.24, 2.45) is 5.92 Å². The first kappa shape index (κ1) is 14.5. The van der Waals surface area contributed by atoms with Gasteiger partial charge in [0.25, 0.3) is 0 Å². The Balaban J connectivity index is 1.73. The molecule has 1 fully saturated rings. The number of rotatable bonds is 5. The maximum Gasteiger partial charge on any atom is 0.220 e. The van der Waals surface area contributed by atoms with E-state index in [1.165, 1.54) is 0 Å². The van der Waals surface area contributed by atoms with Crippen LogP contribution in [0.1, 0.15) is 44.2 Å². The first-order valence-electron chi connectivity index (χ1n) is 7.10. The molecule has 1 aromatic heterocycles. The summed E-state index contributed by atoms with van der Waals surface area (Å²) < 4.78 is 0. The van der Waals surface area contributed by atoms with Gasteiger partial charge in [0.05, 0.1) is 6.04 Å². The molecule has 0 bridgehead atoms. The summed E-state index contributed by atoms with van der Waals surface area (Å²) in [5, 5.41) is 5.97. The van der Waals surface area contributed by atoms with Crippen molar-refractivity contribution in [1.29, 1.82) is 0 Å². The average molecular weight is 281 g/mol. The zero-order valence-electron chi connectivity index (χ0n) is 11.8. The van der Waals surface area contributed by atoms with Crippen LogP contribution in [0.15, 0.2) is 11.6 Å². The maximum absolute atomic E-state index is 12.0. The number of aromatic nitrogens is 1. The van der Waals surface area contributed by atoms with Crippen LogP contribution in [0.3, 0.4) is 0 Å². The van der Waals surface area contributed by atoms with Crippen LogP contribution in [0.4, 0.5) is 0 Å². The van der Waals surface area contributed by atoms with Gasteiger partial charge in [-0.15, -0.1) is 11.3 Å². The Morgan fingerprint density at radius 1 is 1.58 bits per heavy atom. The fourth-order valence-corrected chi connectivity index (χ4v) is 3.23. The van der Waals surface area contributed by atoms with Crippen LogP contribution in [-0.4, -0.2) is 35.4 Å². The van der Waals surface area contributed by atoms with E-state index >= 15 is 0 Å². The number of hydrogen-bond donors (Lipinski definition) is 1. The van der Waals surface area contributed by atoms with E-state index in [1.807, 2.05) is 12.3 Å². The Labute approximate surface area is 119 Å². The molecule has 1 aliphatic heterocycles. The Kier molecular flexibility index (Phi) is 5.34. The fraction of sp³-hybridized carbons (Fsp3) is 0.714. The molecule has 2 rings (SSSR count). The number of hydrogen-bond acceptors (Lipinski definition) is 4. The molecular formula is C14H23N3OS. The molecule has 2 heterocycles. The minimum atomic E-state index is 0.0308. The largest absolute Gasteiger partial charge is 0.347 e. The van der Waals surface area contributed by atoms with Gasteiger partial charge in [0.1, 0.15) is 5.01 Å². The Morgan fingerprint density at radius 2 is 2.32 bits per heavy atom. The highest BCUT2D eigenvalue weighted by molar-refractivity contribution is 7.09. The third kappa shape index (κ3) is 4.28. The van der Waals surface area contributed by atoms with E-state index in [0.29, 0.717) is 12.3 Å². The summed E-state index contributed by atoms with van der Waals surface area (Å²) in [5.41, 5.74) is 0. The molecular weight excluding hydrogens is 258 g/mol. The van der Waals surface area contributed by atoms with Crippen molar-refractivity contribution in [3.63, 3.8) is 0 Å². The van der Waals surface area contributed by atoms with Crippen LogP contribution < -0.4 is 5.32 Å². The molecule has 0 saturated carbocycles. The number of amides is 1. The number of carbonyl (C=O) groups is 1. The fourth-order valence-electron chi connectivity index (χ4n) is 2.58. The van der Waals surface area contributed by atoms with Crippen molar-refractivity contribution in [1.82, 2.24) is 15.2 Å². The lowest BCUT2D eigenvalue weighted by Gasteiger charge is -2.30. The zero-order valence-corrected chi connectivity index (χ0v) is 12.6. The van der Waals surface area contributed by atoms with Crippen LogP contribution in [-0.2, 0) is 4.79 Å². The average Bonchev–Trinajstić information content (AvgIpc) is 2.93. The van der Waals surface area contributed by atoms with Gasteiger partial charge < -0.3 is 10.2 Å². The molecule has 106 valence electrons. The summed E-state index contributed by atoms with van der Waals surface area (Å²) in [4.78, 5) is 18.7. The predicted molar refractivity (Wildman–Crippen MR) is 78.1 cm³/mol. The lowest BCUT2D eigenvalue weighted by atomic mass is 9.93. The number of carbonyl (C=O) groups excluding carboxylic acids is 1. The van der Waals surface area contributed by atoms with Gasteiger partial charge in [-0.05, 0) is 45.3 Å². The van der Waals surface area contributed by atoms with Gasteiger partial charge >= 0.3 is 0 Å². The van der Waals surface area contributed by atoms with Crippen LogP contribution in [0.2, 0.25) is 0 Å². The Hall–Kier alpha value is -0.940. The van der Waals surface area contributed by atoms with E-state index < -0.39 is 0 Å². The summed E-state index contributed by atoms with van der Waals surface area (Å²) in [6.45, 7) is 7.59. The van der Waals surface area contributed by atoms with Gasteiger partial charge in [0.2, 0.25) is 5.91 Å². The molecule has 1 N–H and O–H groups in total. The van der Waals surface area contributed by atoms with E-state index in [9.17, 15) is 4.79 Å². The predicted octanol–water partition coefficient (Wildman–Crippen LogP) is 2.44. The van der Waals surface area contributed by atoms with Crippen molar-refractivity contribution in [3.8, 4) is 0 Å². The highest BCUT2D eigenvalue weighted by Crippen LogP contribution is 2.21. The van der Waals surface area contributed by atoms with Gasteiger partial charge in [0, 0.05) is 18.0 Å². The summed E-state index contributed by atoms with van der Waals surface area (Å²) in [5.74, 6) is 0.712. The second-order valence-electron chi connectivity index (χ2n) is 5.24. The SMILES string of the molecule is CCN1CCC(CC(=O)N[C@H](C)c2nccs2)CC1. The van der Waals surface area contributed by atoms with Crippen molar-refractivity contribution in [2.75, 3.05) is 19.6 Å². The van der Waals surface area contributed by atoms with Gasteiger partial charge in [-0.2, -0.15) is 0 Å². The summed E-state index contributed by atoms with van der Waals surface area (Å²) in [6, 6.07) is 0.0308. The molecule has 1 saturated heterocycles. The van der Waals surface area contributed by atoms with Crippen molar-refractivity contribution in [3.05, 3.63) is 16.6 Å². The van der Waals surface area contributed by atoms with Crippen LogP contribution in [0.5, 0.6) is 0 Å². The normalized spacial score (nSPS) is 19.3. The van der Waals surface area contributed by atoms with E-state index in [0.717, 1.165) is 37.5 Å². The maximum atomic E-state index is 12.0. The second kappa shape index (κ2) is 7.01. The third-order valence-corrected chi connectivity index (χ3v) is 4.79. The first-order chi connectivity index (χ1) is 9.19. The van der Waals surface area contributed by atoms with Crippen LogP contribution in [0, 0.1) is 5.92 Å². The lowest BCUT2D eigenvalue weighted by molar-refractivity contribution is -0.123. The lowest BCUT2D eigenvalue weighted by Crippen LogP contribution is -2.36. The number of piperidine rings is 1. The topological polar surface area (TPSA) is 45.2 Å². The molecule has 1 aromatic rings. The van der Waals surface area contributed by atoms with E-state index in [4.69, 9.17) is 0 Å². The van der Waals surface area contributed by atoms with Gasteiger partial charge in [-0.3, -0.25) is 4.79 Å². The molecule has 19 heavy (non-hydrogen) atoms. The molecule has 0 aliphatic carbocycles. The third-order valence-electron chi connectivity index (χ3n) is 3.83. The zero-order chi connectivity index (χ0) is 13.7. The summed E-state index contributed by atoms with van der Waals surface area (Å²) in [7, 11) is 0. The van der Waals surface area contributed by atoms with E-state index in [1.54, 1.807) is 17.5 Å². The van der Waals surface area contributed by atoms with Crippen molar-refractivity contribution in [2.45, 2.75) is 39.2 Å². The number of nitrogens with one attached hydrogen (secondary N) is 1. The Morgan fingerprint density at radius 3 is 2.89 bits per heavy atom. The minimum Gasteiger partial charge on any atom is -0.347 e. The van der Waals surface area contributed by atoms with Crippen LogP contribution >= 0.6 is 11.3 Å². The Bertz CT molecular complexity index is 385. The summed E-state index contributed by atoms with van der Waals surface area (Å²) in [6.07, 6.45) is 4.73. The molecule has 1 amide bonds. The molecule has 0 unspecified atom stereocenters. The molecule has 4 nitrogen and oxygen atoms in total. The number of nitrogens with zero attached hydrogens (tertiary/aromatic N) is 2. The van der Waals surface area contributed by atoms with Gasteiger partial charge in [-0.1, -0.05) is 6.92 Å². The van der Waals surface area contributed by atoms with Gasteiger partial charge in [-0.25, -0.2) is 4.98 Å². The monoisotopic (exact) mass is 281 g/mol. The molecule has 1 aliphatic rings. The summed E-state index contributed by atoms with van der Waals surface area (Å²) >= 11 is 1.59. The number of thiazole rings is 1. The molecule has 1 atom stereocenters. The molecule has 0 aromatic carbocycles. The van der Waals surface area contributed by atoms with E-state index in [2.05, 4.69) is 22.1 Å². The van der Waals surface area contributed by atoms with Crippen molar-refractivity contribution < 1.29 is 4.79 Å². The molecule has 5 heteroatoms. The van der Waals surface area contributed by atoms with Crippen LogP contribution in [0.25, 0.3) is 0 Å². The molecule has 0 spiro atoms. The standard InChI is InChI=1S/C14H23N3OS/c1-3-17-7-4-12(5-8-17)10-13(18)16-11(2)14-15-6-9-19-14/h6,9,11-12H,3-5,7-8,10H2,1-2H3,(H,16,18)/t11-/m1/s1. The molecule has 0 radical (unpaired) electrons. The van der Waals surface area contributed by atoms with E-state index in [-0.39, 0.29) is 11.9 Å².